The second kappa shape index (κ2) is 5.75. The highest BCUT2D eigenvalue weighted by Gasteiger charge is 2.22. The fourth-order valence-corrected chi connectivity index (χ4v) is 2.92. The quantitative estimate of drug-likeness (QED) is 0.868. The first-order chi connectivity index (χ1) is 9.36. The number of hydrogen-bond donors (Lipinski definition) is 1. The summed E-state index contributed by atoms with van der Waals surface area (Å²) >= 11 is 1.83. The first-order valence-electron chi connectivity index (χ1n) is 6.67. The molecule has 1 aromatic heterocycles. The summed E-state index contributed by atoms with van der Waals surface area (Å²) in [7, 11) is 0. The monoisotopic (exact) mass is 275 g/mol. The zero-order valence-corrected chi connectivity index (χ0v) is 11.7. The molecule has 1 atom stereocenters. The Morgan fingerprint density at radius 3 is 2.89 bits per heavy atom. The molecule has 100 valence electrons. The van der Waals surface area contributed by atoms with Crippen molar-refractivity contribution in [2.24, 2.45) is 0 Å². The third-order valence-electron chi connectivity index (χ3n) is 3.22. The second-order valence-corrected chi connectivity index (χ2v) is 5.90. The molecule has 0 aliphatic carbocycles. The van der Waals surface area contributed by atoms with Crippen LogP contribution in [0.25, 0.3) is 11.4 Å². The summed E-state index contributed by atoms with van der Waals surface area (Å²) < 4.78 is 5.35. The van der Waals surface area contributed by atoms with Crippen molar-refractivity contribution in [1.82, 2.24) is 15.5 Å². The summed E-state index contributed by atoms with van der Waals surface area (Å²) in [5.41, 5.74) is 1.01. The summed E-state index contributed by atoms with van der Waals surface area (Å²) in [5.74, 6) is 2.47. The normalized spacial score (nSPS) is 18.9. The number of thioether (sulfide) groups is 1. The smallest absolute Gasteiger partial charge is 0.244 e. The molecule has 0 radical (unpaired) electrons. The molecule has 2 aromatic rings. The molecular weight excluding hydrogens is 258 g/mol. The average molecular weight is 275 g/mol. The Morgan fingerprint density at radius 2 is 2.21 bits per heavy atom. The van der Waals surface area contributed by atoms with Gasteiger partial charge in [0.1, 0.15) is 0 Å². The lowest BCUT2D eigenvalue weighted by molar-refractivity contribution is 0.345. The molecule has 0 amide bonds. The molecule has 2 heterocycles. The lowest BCUT2D eigenvalue weighted by atomic mass is 10.2. The third kappa shape index (κ3) is 2.82. The lowest BCUT2D eigenvalue weighted by Crippen LogP contribution is -2.12. The molecule has 4 nitrogen and oxygen atoms in total. The van der Waals surface area contributed by atoms with E-state index in [4.69, 9.17) is 4.52 Å². The largest absolute Gasteiger partial charge is 0.337 e. The van der Waals surface area contributed by atoms with E-state index in [0.29, 0.717) is 11.7 Å². The molecule has 0 saturated carbocycles. The van der Waals surface area contributed by atoms with Crippen molar-refractivity contribution in [3.63, 3.8) is 0 Å². The van der Waals surface area contributed by atoms with Crippen LogP contribution in [0.15, 0.2) is 33.7 Å². The Kier molecular flexibility index (Phi) is 3.84. The van der Waals surface area contributed by atoms with Gasteiger partial charge in [0.25, 0.3) is 0 Å². The first kappa shape index (κ1) is 12.7. The Hall–Kier alpha value is -1.33. The van der Waals surface area contributed by atoms with Crippen molar-refractivity contribution >= 4 is 11.8 Å². The minimum Gasteiger partial charge on any atom is -0.337 e. The zero-order chi connectivity index (χ0) is 13.1. The van der Waals surface area contributed by atoms with Crippen molar-refractivity contribution in [3.05, 3.63) is 30.2 Å². The van der Waals surface area contributed by atoms with Crippen molar-refractivity contribution < 1.29 is 4.52 Å². The summed E-state index contributed by atoms with van der Waals surface area (Å²) in [6.07, 6.45) is 2.25. The zero-order valence-electron chi connectivity index (χ0n) is 10.9. The molecule has 3 rings (SSSR count). The van der Waals surface area contributed by atoms with Crippen LogP contribution in [0.1, 0.15) is 31.7 Å². The topological polar surface area (TPSA) is 51.0 Å². The first-order valence-corrected chi connectivity index (χ1v) is 7.65. The molecular formula is C14H17N3OS. The number of hydrogen-bond acceptors (Lipinski definition) is 5. The fourth-order valence-electron chi connectivity index (χ4n) is 2.26. The minimum atomic E-state index is 0.233. The highest BCUT2D eigenvalue weighted by Crippen LogP contribution is 2.25. The van der Waals surface area contributed by atoms with Crippen molar-refractivity contribution in [2.45, 2.75) is 30.7 Å². The molecule has 1 fully saturated rings. The molecule has 0 unspecified atom stereocenters. The Labute approximate surface area is 117 Å². The summed E-state index contributed by atoms with van der Waals surface area (Å²) in [4.78, 5) is 5.76. The maximum absolute atomic E-state index is 5.35. The predicted molar refractivity (Wildman–Crippen MR) is 76.1 cm³/mol. The van der Waals surface area contributed by atoms with Gasteiger partial charge in [0.15, 0.2) is 0 Å². The predicted octanol–water partition coefficient (Wildman–Crippen LogP) is 3.27. The van der Waals surface area contributed by atoms with Crippen LogP contribution in [-0.2, 0) is 0 Å². The van der Waals surface area contributed by atoms with Crippen LogP contribution < -0.4 is 5.32 Å². The second-order valence-electron chi connectivity index (χ2n) is 4.56. The van der Waals surface area contributed by atoms with E-state index in [-0.39, 0.29) is 6.04 Å². The molecule has 1 aliphatic rings. The van der Waals surface area contributed by atoms with Crippen LogP contribution in [0, 0.1) is 0 Å². The van der Waals surface area contributed by atoms with Gasteiger partial charge in [-0.3, -0.25) is 0 Å². The summed E-state index contributed by atoms with van der Waals surface area (Å²) in [6.45, 7) is 3.18. The molecule has 1 aliphatic heterocycles. The van der Waals surface area contributed by atoms with Gasteiger partial charge in [-0.15, -0.1) is 11.8 Å². The summed E-state index contributed by atoms with van der Waals surface area (Å²) in [5, 5.41) is 7.44. The molecule has 1 N–H and O–H groups in total. The van der Waals surface area contributed by atoms with E-state index >= 15 is 0 Å². The minimum absolute atomic E-state index is 0.233. The van der Waals surface area contributed by atoms with Gasteiger partial charge < -0.3 is 9.84 Å². The van der Waals surface area contributed by atoms with Crippen molar-refractivity contribution in [2.75, 3.05) is 12.3 Å². The molecule has 0 bridgehead atoms. The van der Waals surface area contributed by atoms with Gasteiger partial charge in [0.2, 0.25) is 11.7 Å². The van der Waals surface area contributed by atoms with E-state index in [0.717, 1.165) is 24.3 Å². The van der Waals surface area contributed by atoms with E-state index < -0.39 is 0 Å². The number of nitrogens with one attached hydrogen (secondary N) is 1. The van der Waals surface area contributed by atoms with Crippen molar-refractivity contribution in [1.29, 1.82) is 0 Å². The molecule has 1 saturated heterocycles. The van der Waals surface area contributed by atoms with Gasteiger partial charge >= 0.3 is 0 Å². The number of benzene rings is 1. The highest BCUT2D eigenvalue weighted by molar-refractivity contribution is 7.99. The number of nitrogens with zero attached hydrogens (tertiary/aromatic N) is 2. The van der Waals surface area contributed by atoms with Gasteiger partial charge in [-0.05, 0) is 49.4 Å². The third-order valence-corrected chi connectivity index (χ3v) is 4.12. The summed E-state index contributed by atoms with van der Waals surface area (Å²) in [6, 6.07) is 8.54. The van der Waals surface area contributed by atoms with Gasteiger partial charge in [-0.25, -0.2) is 0 Å². The maximum Gasteiger partial charge on any atom is 0.244 e. The van der Waals surface area contributed by atoms with Crippen LogP contribution in [0.3, 0.4) is 0 Å². The molecule has 1 aromatic carbocycles. The number of aromatic nitrogens is 2. The average Bonchev–Trinajstić information content (AvgIpc) is 3.11. The molecule has 0 spiro atoms. The number of rotatable bonds is 4. The van der Waals surface area contributed by atoms with E-state index in [1.807, 2.05) is 11.8 Å². The standard InChI is InChI=1S/C14H17N3OS/c1-2-19-11-7-5-10(6-8-11)13-16-14(18-17-13)12-4-3-9-15-12/h5-8,12,15H,2-4,9H2,1H3/t12-/m1/s1. The van der Waals surface area contributed by atoms with Gasteiger partial charge in [-0.2, -0.15) is 4.98 Å². The van der Waals surface area contributed by atoms with E-state index in [1.165, 1.54) is 11.3 Å². The Bertz CT molecular complexity index is 532. The Balaban J connectivity index is 1.77. The molecule has 19 heavy (non-hydrogen) atoms. The van der Waals surface area contributed by atoms with E-state index in [2.05, 4.69) is 46.6 Å². The van der Waals surface area contributed by atoms with E-state index in [1.54, 1.807) is 0 Å². The maximum atomic E-state index is 5.35. The van der Waals surface area contributed by atoms with Gasteiger partial charge in [0, 0.05) is 10.5 Å². The van der Waals surface area contributed by atoms with Crippen LogP contribution in [0.2, 0.25) is 0 Å². The van der Waals surface area contributed by atoms with E-state index in [9.17, 15) is 0 Å². The van der Waals surface area contributed by atoms with Crippen LogP contribution in [0.4, 0.5) is 0 Å². The lowest BCUT2D eigenvalue weighted by Gasteiger charge is -2.01. The van der Waals surface area contributed by atoms with Gasteiger partial charge in [0.05, 0.1) is 6.04 Å². The van der Waals surface area contributed by atoms with Crippen LogP contribution in [-0.4, -0.2) is 22.4 Å². The van der Waals surface area contributed by atoms with Crippen LogP contribution in [0.5, 0.6) is 0 Å². The van der Waals surface area contributed by atoms with Crippen molar-refractivity contribution in [3.8, 4) is 11.4 Å². The fraction of sp³-hybridized carbons (Fsp3) is 0.429. The van der Waals surface area contributed by atoms with Crippen LogP contribution >= 0.6 is 11.8 Å². The molecule has 5 heteroatoms. The SMILES string of the molecule is CCSc1ccc(-c2noc([C@H]3CCCN3)n2)cc1. The van der Waals surface area contributed by atoms with Gasteiger partial charge in [-0.1, -0.05) is 12.1 Å². The Morgan fingerprint density at radius 1 is 1.37 bits per heavy atom. The highest BCUT2D eigenvalue weighted by atomic mass is 32.2.